The summed E-state index contributed by atoms with van der Waals surface area (Å²) in [6.07, 6.45) is 5.13. The van der Waals surface area contributed by atoms with Crippen LogP contribution in [0.25, 0.3) is 10.9 Å². The Balaban J connectivity index is 1.08. The van der Waals surface area contributed by atoms with Gasteiger partial charge in [-0.25, -0.2) is 23.3 Å². The van der Waals surface area contributed by atoms with Crippen LogP contribution >= 0.6 is 7.82 Å². The zero-order valence-electron chi connectivity index (χ0n) is 24.4. The molecule has 2 aromatic heterocycles. The molecule has 0 aliphatic carbocycles. The lowest BCUT2D eigenvalue weighted by molar-refractivity contribution is -0.136. The Kier molecular flexibility index (Phi) is 10.5. The second kappa shape index (κ2) is 14.7. The number of fused-ring (bicyclic) bond motifs is 1. The van der Waals surface area contributed by atoms with Gasteiger partial charge in [0.05, 0.1) is 42.8 Å². The molecule has 1 aliphatic rings. The molecule has 0 spiro atoms. The third-order valence-corrected chi connectivity index (χ3v) is 7.46. The molecule has 5 rings (SSSR count). The summed E-state index contributed by atoms with van der Waals surface area (Å²) in [6.45, 7) is 1.99. The Morgan fingerprint density at radius 1 is 1.09 bits per heavy atom. The quantitative estimate of drug-likeness (QED) is 0.115. The molecule has 1 aliphatic heterocycles. The van der Waals surface area contributed by atoms with E-state index in [9.17, 15) is 22.9 Å². The fourth-order valence-electron chi connectivity index (χ4n) is 4.75. The Labute approximate surface area is 261 Å². The summed E-state index contributed by atoms with van der Waals surface area (Å²) in [5.41, 5.74) is 0.909. The first-order valence-corrected chi connectivity index (χ1v) is 15.7. The van der Waals surface area contributed by atoms with E-state index in [1.54, 1.807) is 18.3 Å². The number of amides is 2. The predicted molar refractivity (Wildman–Crippen MR) is 161 cm³/mol. The van der Waals surface area contributed by atoms with Crippen LogP contribution in [0.2, 0.25) is 0 Å². The number of hydrogen-bond donors (Lipinski definition) is 4. The largest absolute Gasteiger partial charge is 0.493 e. The molecule has 0 saturated carbocycles. The van der Waals surface area contributed by atoms with Crippen molar-refractivity contribution in [1.82, 2.24) is 29.5 Å². The average molecular weight is 661 g/mol. The number of ether oxygens (including phenoxy) is 1. The molecule has 46 heavy (non-hydrogen) atoms. The highest BCUT2D eigenvalue weighted by Gasteiger charge is 2.24. The molecule has 2 aromatic carbocycles. The lowest BCUT2D eigenvalue weighted by Crippen LogP contribution is -2.51. The van der Waals surface area contributed by atoms with Gasteiger partial charge >= 0.3 is 7.82 Å². The highest BCUT2D eigenvalue weighted by atomic mass is 31.2. The number of piperazine rings is 1. The second-order valence-corrected chi connectivity index (χ2v) is 11.5. The number of carbonyl (C=O) groups is 2. The first kappa shape index (κ1) is 32.8. The fourth-order valence-corrected chi connectivity index (χ4v) is 5.07. The van der Waals surface area contributed by atoms with Crippen LogP contribution < -0.4 is 15.4 Å². The van der Waals surface area contributed by atoms with E-state index in [2.05, 4.69) is 30.2 Å². The van der Waals surface area contributed by atoms with Gasteiger partial charge in [0.1, 0.15) is 24.4 Å². The summed E-state index contributed by atoms with van der Waals surface area (Å²) in [4.78, 5) is 54.4. The molecule has 0 bridgehead atoms. The van der Waals surface area contributed by atoms with E-state index in [-0.39, 0.29) is 37.8 Å². The number of halogens is 2. The summed E-state index contributed by atoms with van der Waals surface area (Å²) in [7, 11) is -4.56. The summed E-state index contributed by atoms with van der Waals surface area (Å²) < 4.78 is 49.7. The number of hydrogen-bond acceptors (Lipinski definition) is 10. The normalized spacial score (nSPS) is 14.1. The summed E-state index contributed by atoms with van der Waals surface area (Å²) in [5.74, 6) is -1.81. The van der Waals surface area contributed by atoms with Gasteiger partial charge in [0.2, 0.25) is 11.8 Å². The highest BCUT2D eigenvalue weighted by molar-refractivity contribution is 7.46. The summed E-state index contributed by atoms with van der Waals surface area (Å²) in [6, 6.07) is 8.90. The van der Waals surface area contributed by atoms with Gasteiger partial charge in [0, 0.05) is 43.8 Å². The molecule has 1 saturated heterocycles. The number of aromatic nitrogens is 4. The van der Waals surface area contributed by atoms with E-state index in [1.807, 2.05) is 11.0 Å². The Morgan fingerprint density at radius 3 is 2.74 bits per heavy atom. The van der Waals surface area contributed by atoms with Crippen molar-refractivity contribution >= 4 is 47.7 Å². The maximum atomic E-state index is 13.8. The van der Waals surface area contributed by atoms with Crippen LogP contribution in [-0.4, -0.2) is 97.1 Å². The minimum Gasteiger partial charge on any atom is -0.493 e. The molecule has 0 unspecified atom stereocenters. The molecular formula is C28H31F2N8O7P. The number of benzene rings is 2. The maximum Gasteiger partial charge on any atom is 0.469 e. The Morgan fingerprint density at radius 2 is 1.93 bits per heavy atom. The van der Waals surface area contributed by atoms with Crippen LogP contribution in [0.4, 0.5) is 26.0 Å². The van der Waals surface area contributed by atoms with E-state index in [0.29, 0.717) is 60.8 Å². The van der Waals surface area contributed by atoms with Gasteiger partial charge in [-0.3, -0.25) is 23.7 Å². The molecular weight excluding hydrogens is 629 g/mol. The van der Waals surface area contributed by atoms with Crippen LogP contribution in [0.3, 0.4) is 0 Å². The highest BCUT2D eigenvalue weighted by Crippen LogP contribution is 2.35. The van der Waals surface area contributed by atoms with Gasteiger partial charge in [-0.15, -0.1) is 0 Å². The number of phosphoric acid groups is 1. The van der Waals surface area contributed by atoms with Crippen molar-refractivity contribution in [2.75, 3.05) is 56.6 Å². The molecule has 4 aromatic rings. The van der Waals surface area contributed by atoms with Gasteiger partial charge in [-0.1, -0.05) is 6.07 Å². The fraction of sp³-hybridized carbons (Fsp3) is 0.321. The van der Waals surface area contributed by atoms with E-state index in [4.69, 9.17) is 14.5 Å². The van der Waals surface area contributed by atoms with Crippen LogP contribution in [0.1, 0.15) is 6.42 Å². The minimum absolute atomic E-state index is 0.120. The number of rotatable bonds is 14. The molecule has 4 N–H and O–H groups in total. The SMILES string of the molecule is O=C(Cn1cc(Nc2ncnc3cc(OCCCN4CCN(CCOP(=O)(O)O)C(=O)C4)ccc23)cn1)Nc1cccc(F)c1F. The van der Waals surface area contributed by atoms with Gasteiger partial charge in [0.15, 0.2) is 11.6 Å². The van der Waals surface area contributed by atoms with E-state index >= 15 is 0 Å². The molecule has 0 atom stereocenters. The Hall–Kier alpha value is -4.54. The molecule has 0 radical (unpaired) electrons. The lowest BCUT2D eigenvalue weighted by Gasteiger charge is -2.34. The molecule has 18 heteroatoms. The average Bonchev–Trinajstić information content (AvgIpc) is 3.44. The van der Waals surface area contributed by atoms with Crippen molar-refractivity contribution in [1.29, 1.82) is 0 Å². The molecule has 2 amide bonds. The monoisotopic (exact) mass is 660 g/mol. The van der Waals surface area contributed by atoms with E-state index in [1.165, 1.54) is 34.2 Å². The van der Waals surface area contributed by atoms with Crippen molar-refractivity contribution in [2.24, 2.45) is 0 Å². The maximum absolute atomic E-state index is 13.8. The first-order valence-electron chi connectivity index (χ1n) is 14.2. The van der Waals surface area contributed by atoms with Crippen LogP contribution in [-0.2, 0) is 25.2 Å². The van der Waals surface area contributed by atoms with Crippen LogP contribution in [0, 0.1) is 11.6 Å². The van der Waals surface area contributed by atoms with Crippen molar-refractivity contribution < 1.29 is 42.0 Å². The third kappa shape index (κ3) is 9.02. The lowest BCUT2D eigenvalue weighted by atomic mass is 10.2. The van der Waals surface area contributed by atoms with Gasteiger partial charge in [-0.2, -0.15) is 5.10 Å². The predicted octanol–water partition coefficient (Wildman–Crippen LogP) is 2.51. The topological polar surface area (TPSA) is 184 Å². The summed E-state index contributed by atoms with van der Waals surface area (Å²) >= 11 is 0. The number of phosphoric ester groups is 1. The van der Waals surface area contributed by atoms with Crippen molar-refractivity contribution in [3.8, 4) is 5.75 Å². The van der Waals surface area contributed by atoms with Gasteiger partial charge in [-0.05, 0) is 30.7 Å². The zero-order chi connectivity index (χ0) is 32.7. The number of nitrogens with one attached hydrogen (secondary N) is 2. The third-order valence-electron chi connectivity index (χ3n) is 6.94. The summed E-state index contributed by atoms with van der Waals surface area (Å²) in [5, 5.41) is 10.3. The minimum atomic E-state index is -4.56. The number of anilines is 3. The Bertz CT molecular complexity index is 1750. The second-order valence-electron chi connectivity index (χ2n) is 10.3. The van der Waals surface area contributed by atoms with Gasteiger partial charge < -0.3 is 30.1 Å². The van der Waals surface area contributed by atoms with Crippen molar-refractivity contribution in [3.05, 3.63) is 66.8 Å². The van der Waals surface area contributed by atoms with E-state index < -0.39 is 25.4 Å². The number of nitrogens with zero attached hydrogens (tertiary/aromatic N) is 6. The van der Waals surface area contributed by atoms with Gasteiger partial charge in [0.25, 0.3) is 0 Å². The van der Waals surface area contributed by atoms with E-state index in [0.717, 1.165) is 6.07 Å². The molecule has 15 nitrogen and oxygen atoms in total. The van der Waals surface area contributed by atoms with Crippen LogP contribution in [0.5, 0.6) is 5.75 Å². The van der Waals surface area contributed by atoms with Crippen molar-refractivity contribution in [2.45, 2.75) is 13.0 Å². The smallest absolute Gasteiger partial charge is 0.469 e. The van der Waals surface area contributed by atoms with Crippen LogP contribution in [0.15, 0.2) is 55.1 Å². The molecule has 1 fully saturated rings. The van der Waals surface area contributed by atoms with Crippen molar-refractivity contribution in [3.63, 3.8) is 0 Å². The molecule has 3 heterocycles. The zero-order valence-corrected chi connectivity index (χ0v) is 25.3. The standard InChI is InChI=1S/C28H31F2N8O7P/c29-22-3-1-4-23(27(22)30)35-25(39)16-38-15-19(14-33-38)34-28-21-6-5-20(13-24(21)31-18-32-28)44-11-2-7-36-8-9-37(26(40)17-36)10-12-45-46(41,42)43/h1,3-6,13-15,18H,2,7-12,16-17H2,(H,35,39)(H,31,32,34)(H2,41,42,43). The first-order chi connectivity index (χ1) is 22.0. The number of carbonyl (C=O) groups excluding carboxylic acids is 2. The molecule has 244 valence electrons.